The van der Waals surface area contributed by atoms with Crippen LogP contribution in [-0.4, -0.2) is 15.9 Å². The summed E-state index contributed by atoms with van der Waals surface area (Å²) in [6.45, 7) is 0. The molecule has 2 nitrogen and oxygen atoms in total. The van der Waals surface area contributed by atoms with Gasteiger partial charge in [-0.1, -0.05) is 17.7 Å². The maximum Gasteiger partial charge on any atom is 0.407 e. The molecule has 1 saturated carbocycles. The highest BCUT2D eigenvalue weighted by Gasteiger charge is 2.64. The van der Waals surface area contributed by atoms with Crippen LogP contribution >= 0.6 is 11.6 Å². The lowest BCUT2D eigenvalue weighted by molar-refractivity contribution is -0.160. The molecule has 0 aromatic heterocycles. The summed E-state index contributed by atoms with van der Waals surface area (Å²) in [7, 11) is -1.90. The Morgan fingerprint density at radius 1 is 1.30 bits per heavy atom. The van der Waals surface area contributed by atoms with Crippen LogP contribution in [-0.2, 0) is 11.0 Å². The van der Waals surface area contributed by atoms with Gasteiger partial charge in [0.15, 0.2) is 0 Å². The second-order valence-corrected chi connectivity index (χ2v) is 6.63. The quantitative estimate of drug-likeness (QED) is 0.832. The highest BCUT2D eigenvalue weighted by Crippen LogP contribution is 2.49. The molecule has 0 radical (unpaired) electrons. The van der Waals surface area contributed by atoms with E-state index < -0.39 is 22.7 Å². The van der Waals surface area contributed by atoms with Crippen molar-refractivity contribution < 1.29 is 17.4 Å². The van der Waals surface area contributed by atoms with Gasteiger partial charge in [-0.2, -0.15) is 13.2 Å². The van der Waals surface area contributed by atoms with Crippen molar-refractivity contribution >= 4 is 22.6 Å². The number of nitrogens with one attached hydrogen (secondary N) is 1. The summed E-state index contributed by atoms with van der Waals surface area (Å²) >= 11 is 5.94. The third kappa shape index (κ3) is 3.74. The van der Waals surface area contributed by atoms with E-state index in [0.717, 1.165) is 12.8 Å². The highest BCUT2D eigenvalue weighted by atomic mass is 35.5. The Balaban J connectivity index is 2.13. The Labute approximate surface area is 123 Å². The number of alkyl halides is 3. The van der Waals surface area contributed by atoms with Crippen molar-refractivity contribution in [3.05, 3.63) is 34.2 Å². The third-order valence-electron chi connectivity index (χ3n) is 3.29. The van der Waals surface area contributed by atoms with Crippen molar-refractivity contribution in [3.8, 4) is 0 Å². The summed E-state index contributed by atoms with van der Waals surface area (Å²) in [4.78, 5) is 0.306. The van der Waals surface area contributed by atoms with Gasteiger partial charge >= 0.3 is 6.18 Å². The molecule has 7 heteroatoms. The zero-order chi connectivity index (χ0) is 14.8. The van der Waals surface area contributed by atoms with Gasteiger partial charge in [-0.05, 0) is 50.3 Å². The lowest BCUT2D eigenvalue weighted by atomic mass is 10.2. The molecule has 2 aliphatic rings. The number of hydrogen-bond acceptors (Lipinski definition) is 1. The fourth-order valence-electron chi connectivity index (χ4n) is 1.83. The minimum atomic E-state index is -4.38. The lowest BCUT2D eigenvalue weighted by Crippen LogP contribution is -2.45. The summed E-state index contributed by atoms with van der Waals surface area (Å²) in [5, 5.41) is 0.611. The highest BCUT2D eigenvalue weighted by molar-refractivity contribution is 7.87. The largest absolute Gasteiger partial charge is 0.407 e. The monoisotopic (exact) mass is 325 g/mol. The maximum absolute atomic E-state index is 12.8. The van der Waals surface area contributed by atoms with Crippen molar-refractivity contribution in [1.82, 2.24) is 4.72 Å². The number of halogens is 4. The molecule has 1 N–H and O–H groups in total. The molecular formula is C13H15ClF3NOS. The van der Waals surface area contributed by atoms with Crippen molar-refractivity contribution in [2.24, 2.45) is 0 Å². The van der Waals surface area contributed by atoms with E-state index >= 15 is 0 Å². The zero-order valence-corrected chi connectivity index (χ0v) is 12.2. The predicted molar refractivity (Wildman–Crippen MR) is 74.3 cm³/mol. The zero-order valence-electron chi connectivity index (χ0n) is 10.7. The van der Waals surface area contributed by atoms with E-state index in [1.807, 2.05) is 6.08 Å². The van der Waals surface area contributed by atoms with Crippen LogP contribution in [0, 0.1) is 0 Å². The van der Waals surface area contributed by atoms with Crippen LogP contribution in [0.25, 0.3) is 0 Å². The number of rotatable bonds is 3. The molecule has 0 heterocycles. The van der Waals surface area contributed by atoms with Crippen molar-refractivity contribution in [2.45, 2.75) is 43.8 Å². The van der Waals surface area contributed by atoms with Crippen LogP contribution in [0.2, 0.25) is 0 Å². The summed E-state index contributed by atoms with van der Waals surface area (Å²) in [5.41, 5.74) is -1.99. The Morgan fingerprint density at radius 3 is 2.60 bits per heavy atom. The molecule has 0 aromatic rings. The molecule has 0 saturated heterocycles. The van der Waals surface area contributed by atoms with Gasteiger partial charge in [0.25, 0.3) is 0 Å². The first-order valence-corrected chi connectivity index (χ1v) is 7.86. The molecule has 1 atom stereocenters. The maximum atomic E-state index is 12.8. The third-order valence-corrected chi connectivity index (χ3v) is 4.88. The molecule has 1 unspecified atom stereocenters. The van der Waals surface area contributed by atoms with E-state index in [0.29, 0.717) is 16.4 Å². The normalized spacial score (nSPS) is 24.0. The van der Waals surface area contributed by atoms with Gasteiger partial charge in [-0.25, -0.2) is 8.93 Å². The Bertz CT molecular complexity index is 492. The molecule has 0 spiro atoms. The van der Waals surface area contributed by atoms with Crippen LogP contribution in [0.15, 0.2) is 34.2 Å². The van der Waals surface area contributed by atoms with Crippen molar-refractivity contribution in [3.63, 3.8) is 0 Å². The fraction of sp³-hybridized carbons (Fsp3) is 0.538. The van der Waals surface area contributed by atoms with Gasteiger partial charge in [-0.15, -0.1) is 0 Å². The SMILES string of the molecule is O=S(NC1(C(F)(F)F)CC1)C1=CC=C(Cl)CCCC=C1. The molecule has 2 aliphatic carbocycles. The average molecular weight is 326 g/mol. The predicted octanol–water partition coefficient (Wildman–Crippen LogP) is 4.08. The number of allylic oxidation sites excluding steroid dienone is 5. The molecule has 2 rings (SSSR count). The first-order chi connectivity index (χ1) is 9.34. The van der Waals surface area contributed by atoms with Gasteiger partial charge in [0.2, 0.25) is 0 Å². The summed E-state index contributed by atoms with van der Waals surface area (Å²) in [5.74, 6) is 0. The Kier molecular flexibility index (Phi) is 4.76. The fourth-order valence-corrected chi connectivity index (χ4v) is 3.23. The lowest BCUT2D eigenvalue weighted by Gasteiger charge is -2.20. The van der Waals surface area contributed by atoms with E-state index in [-0.39, 0.29) is 12.8 Å². The molecule has 0 aromatic carbocycles. The molecule has 112 valence electrons. The number of hydrogen-bond donors (Lipinski definition) is 1. The van der Waals surface area contributed by atoms with E-state index in [1.165, 1.54) is 6.08 Å². The van der Waals surface area contributed by atoms with E-state index in [2.05, 4.69) is 4.72 Å². The summed E-state index contributed by atoms with van der Waals surface area (Å²) in [6.07, 6.45) is 4.40. The van der Waals surface area contributed by atoms with Crippen molar-refractivity contribution in [2.75, 3.05) is 0 Å². The van der Waals surface area contributed by atoms with Crippen LogP contribution in [0.4, 0.5) is 13.2 Å². The summed E-state index contributed by atoms with van der Waals surface area (Å²) in [6, 6.07) is 0. The molecule has 1 fully saturated rings. The van der Waals surface area contributed by atoms with Gasteiger partial charge in [0, 0.05) is 5.03 Å². The second-order valence-electron chi connectivity index (χ2n) is 4.93. The van der Waals surface area contributed by atoms with Crippen molar-refractivity contribution in [1.29, 1.82) is 0 Å². The smallest absolute Gasteiger partial charge is 0.237 e. The van der Waals surface area contributed by atoms with E-state index in [1.54, 1.807) is 12.2 Å². The molecule has 0 amide bonds. The molecule has 20 heavy (non-hydrogen) atoms. The van der Waals surface area contributed by atoms with E-state index in [4.69, 9.17) is 11.6 Å². The minimum Gasteiger partial charge on any atom is -0.237 e. The first-order valence-electron chi connectivity index (χ1n) is 6.33. The average Bonchev–Trinajstić information content (AvgIpc) is 3.10. The van der Waals surface area contributed by atoms with Crippen LogP contribution in [0.3, 0.4) is 0 Å². The minimum absolute atomic E-state index is 0.0319. The van der Waals surface area contributed by atoms with Gasteiger partial charge in [-0.3, -0.25) is 0 Å². The Morgan fingerprint density at radius 2 is 2.00 bits per heavy atom. The van der Waals surface area contributed by atoms with Gasteiger partial charge < -0.3 is 0 Å². The van der Waals surface area contributed by atoms with Crippen LogP contribution < -0.4 is 4.72 Å². The topological polar surface area (TPSA) is 29.1 Å². The standard InChI is InChI=1S/C13H15ClF3NOS/c14-10-4-2-1-3-5-11(7-6-10)20(19)18-12(8-9-12)13(15,16)17/h3,5-7,18H,1-2,4,8-9H2. The van der Waals surface area contributed by atoms with E-state index in [9.17, 15) is 17.4 Å². The Hall–Kier alpha value is -0.590. The molecule has 0 bridgehead atoms. The first kappa shape index (κ1) is 15.8. The van der Waals surface area contributed by atoms with Gasteiger partial charge in [0.1, 0.15) is 16.5 Å². The second kappa shape index (κ2) is 6.03. The molecular weight excluding hydrogens is 311 g/mol. The van der Waals surface area contributed by atoms with Gasteiger partial charge in [0.05, 0.1) is 4.91 Å². The van der Waals surface area contributed by atoms with Crippen LogP contribution in [0.5, 0.6) is 0 Å². The van der Waals surface area contributed by atoms with Crippen LogP contribution in [0.1, 0.15) is 32.1 Å². The molecule has 0 aliphatic heterocycles. The summed E-state index contributed by atoms with van der Waals surface area (Å²) < 4.78 is 52.8.